The molecule has 3 saturated heterocycles. The van der Waals surface area contributed by atoms with E-state index < -0.39 is 0 Å². The van der Waals surface area contributed by atoms with Crippen molar-refractivity contribution in [1.82, 2.24) is 25.0 Å². The lowest BCUT2D eigenvalue weighted by molar-refractivity contribution is 0.0315. The number of rotatable bonds is 7. The summed E-state index contributed by atoms with van der Waals surface area (Å²) in [5.74, 6) is 2.58. The number of morpholine rings is 1. The lowest BCUT2D eigenvalue weighted by Crippen LogP contribution is -2.45. The fourth-order valence-corrected chi connectivity index (χ4v) is 5.79. The summed E-state index contributed by atoms with van der Waals surface area (Å²) < 4.78 is 5.49. The number of aryl methyl sites for hydroxylation is 1. The zero-order valence-electron chi connectivity index (χ0n) is 19.4. The van der Waals surface area contributed by atoms with E-state index in [-0.39, 0.29) is 0 Å². The maximum Gasteiger partial charge on any atom is 0.193 e. The Hall–Kier alpha value is -1.22. The topological polar surface area (TPSA) is 56.2 Å². The van der Waals surface area contributed by atoms with E-state index in [1.54, 1.807) is 11.3 Å². The first kappa shape index (κ1) is 23.0. The van der Waals surface area contributed by atoms with Gasteiger partial charge in [-0.3, -0.25) is 14.8 Å². The van der Waals surface area contributed by atoms with Crippen LogP contribution in [-0.2, 0) is 17.7 Å². The number of aliphatic imine (C=N–C) groups is 1. The van der Waals surface area contributed by atoms with E-state index in [2.05, 4.69) is 37.3 Å². The molecule has 1 aromatic rings. The van der Waals surface area contributed by atoms with Crippen molar-refractivity contribution < 1.29 is 4.74 Å². The molecule has 3 fully saturated rings. The van der Waals surface area contributed by atoms with E-state index in [1.807, 2.05) is 7.05 Å². The van der Waals surface area contributed by atoms with Crippen LogP contribution in [0.15, 0.2) is 10.4 Å². The number of aromatic nitrogens is 1. The minimum atomic E-state index is 0.737. The molecule has 3 aliphatic rings. The quantitative estimate of drug-likeness (QED) is 0.510. The minimum Gasteiger partial charge on any atom is -0.379 e. The van der Waals surface area contributed by atoms with E-state index in [4.69, 9.17) is 9.72 Å². The van der Waals surface area contributed by atoms with Gasteiger partial charge in [-0.25, -0.2) is 4.98 Å². The Morgan fingerprint density at radius 1 is 1.13 bits per heavy atom. The molecule has 0 saturated carbocycles. The zero-order valence-corrected chi connectivity index (χ0v) is 20.2. The fourth-order valence-electron chi connectivity index (χ4n) is 5.05. The Morgan fingerprint density at radius 3 is 2.61 bits per heavy atom. The number of guanidine groups is 1. The number of hydrogen-bond donors (Lipinski definition) is 1. The summed E-state index contributed by atoms with van der Waals surface area (Å²) in [6, 6.07) is 0. The van der Waals surface area contributed by atoms with Crippen LogP contribution in [0.3, 0.4) is 0 Å². The van der Waals surface area contributed by atoms with Crippen molar-refractivity contribution in [2.75, 3.05) is 72.6 Å². The second-order valence-electron chi connectivity index (χ2n) is 9.25. The Kier molecular flexibility index (Phi) is 8.58. The Morgan fingerprint density at radius 2 is 1.90 bits per heavy atom. The van der Waals surface area contributed by atoms with Gasteiger partial charge in [0.15, 0.2) is 5.96 Å². The number of nitrogens with zero attached hydrogens (tertiary/aromatic N) is 5. The van der Waals surface area contributed by atoms with Gasteiger partial charge in [0.2, 0.25) is 0 Å². The highest BCUT2D eigenvalue weighted by Gasteiger charge is 2.28. The summed E-state index contributed by atoms with van der Waals surface area (Å²) in [5.41, 5.74) is 1.25. The van der Waals surface area contributed by atoms with Gasteiger partial charge in [0, 0.05) is 58.2 Å². The van der Waals surface area contributed by atoms with Gasteiger partial charge in [0.25, 0.3) is 0 Å². The minimum absolute atomic E-state index is 0.737. The van der Waals surface area contributed by atoms with Crippen molar-refractivity contribution in [2.45, 2.75) is 39.2 Å². The molecule has 0 bridgehead atoms. The molecule has 4 heterocycles. The molecule has 0 amide bonds. The van der Waals surface area contributed by atoms with Crippen LogP contribution in [0, 0.1) is 11.8 Å². The van der Waals surface area contributed by atoms with Crippen molar-refractivity contribution in [2.24, 2.45) is 16.8 Å². The van der Waals surface area contributed by atoms with Crippen LogP contribution in [0.5, 0.6) is 0 Å². The van der Waals surface area contributed by atoms with Gasteiger partial charge in [-0.05, 0) is 50.6 Å². The predicted octanol–water partition coefficient (Wildman–Crippen LogP) is 2.15. The molecule has 174 valence electrons. The van der Waals surface area contributed by atoms with Crippen molar-refractivity contribution in [3.63, 3.8) is 0 Å². The molecule has 1 N–H and O–H groups in total. The maximum atomic E-state index is 5.49. The van der Waals surface area contributed by atoms with Gasteiger partial charge in [0.1, 0.15) is 0 Å². The highest BCUT2D eigenvalue weighted by Crippen LogP contribution is 2.21. The molecule has 31 heavy (non-hydrogen) atoms. The summed E-state index contributed by atoms with van der Waals surface area (Å²) in [6.07, 6.45) is 4.83. The Balaban J connectivity index is 1.15. The summed E-state index contributed by atoms with van der Waals surface area (Å²) in [7, 11) is 1.93. The number of ether oxygens (including phenoxy) is 1. The Labute approximate surface area is 191 Å². The SMILES string of the molecule is CCc1nc(CN2CCC(CNC(=NC)N3CCC(CN4CCOCC4)C3)CC2)cs1. The summed E-state index contributed by atoms with van der Waals surface area (Å²) in [4.78, 5) is 16.9. The van der Waals surface area contributed by atoms with Gasteiger partial charge < -0.3 is 15.0 Å². The van der Waals surface area contributed by atoms with Gasteiger partial charge >= 0.3 is 0 Å². The van der Waals surface area contributed by atoms with Crippen molar-refractivity contribution in [3.8, 4) is 0 Å². The first-order valence-electron chi connectivity index (χ1n) is 12.1. The number of hydrogen-bond acceptors (Lipinski definition) is 6. The monoisotopic (exact) mass is 448 g/mol. The molecule has 0 radical (unpaired) electrons. The van der Waals surface area contributed by atoms with Crippen LogP contribution in [0.2, 0.25) is 0 Å². The summed E-state index contributed by atoms with van der Waals surface area (Å²) >= 11 is 1.80. The number of piperidine rings is 1. The molecule has 1 aromatic heterocycles. The number of nitrogens with one attached hydrogen (secondary N) is 1. The van der Waals surface area contributed by atoms with Gasteiger partial charge in [0.05, 0.1) is 23.9 Å². The molecule has 1 atom stereocenters. The smallest absolute Gasteiger partial charge is 0.193 e. The third-order valence-corrected chi connectivity index (χ3v) is 8.00. The maximum absolute atomic E-state index is 5.49. The van der Waals surface area contributed by atoms with Crippen molar-refractivity contribution in [1.29, 1.82) is 0 Å². The third-order valence-electron chi connectivity index (χ3n) is 6.96. The van der Waals surface area contributed by atoms with Gasteiger partial charge in [-0.15, -0.1) is 11.3 Å². The third kappa shape index (κ3) is 6.63. The average molecular weight is 449 g/mol. The van der Waals surface area contributed by atoms with Crippen molar-refractivity contribution in [3.05, 3.63) is 16.1 Å². The van der Waals surface area contributed by atoms with Crippen LogP contribution in [0.1, 0.15) is 36.9 Å². The highest BCUT2D eigenvalue weighted by atomic mass is 32.1. The second kappa shape index (κ2) is 11.6. The largest absolute Gasteiger partial charge is 0.379 e. The lowest BCUT2D eigenvalue weighted by atomic mass is 9.97. The average Bonchev–Trinajstić information content (AvgIpc) is 3.46. The molecule has 1 unspecified atom stereocenters. The number of thiazole rings is 1. The molecule has 3 aliphatic heterocycles. The Bertz CT molecular complexity index is 696. The standard InChI is InChI=1S/C23H40N6OS/c1-3-22-26-21(18-31-22)17-27-7-4-19(5-8-27)14-25-23(24-2)29-9-6-20(16-29)15-28-10-12-30-13-11-28/h18-20H,3-17H2,1-2H3,(H,24,25). The van der Waals surface area contributed by atoms with Gasteiger partial charge in [-0.2, -0.15) is 0 Å². The van der Waals surface area contributed by atoms with E-state index >= 15 is 0 Å². The van der Waals surface area contributed by atoms with E-state index in [9.17, 15) is 0 Å². The van der Waals surface area contributed by atoms with Crippen molar-refractivity contribution >= 4 is 17.3 Å². The molecular formula is C23H40N6OS. The number of likely N-dealkylation sites (tertiary alicyclic amines) is 2. The van der Waals surface area contributed by atoms with E-state index in [0.29, 0.717) is 0 Å². The lowest BCUT2D eigenvalue weighted by Gasteiger charge is -2.32. The van der Waals surface area contributed by atoms with Gasteiger partial charge in [-0.1, -0.05) is 6.92 Å². The summed E-state index contributed by atoms with van der Waals surface area (Å²) in [6.45, 7) is 14.0. The molecule has 0 aliphatic carbocycles. The molecule has 4 rings (SSSR count). The van der Waals surface area contributed by atoms with Crippen LogP contribution in [0.25, 0.3) is 0 Å². The first-order chi connectivity index (χ1) is 15.2. The van der Waals surface area contributed by atoms with Crippen LogP contribution in [-0.4, -0.2) is 98.3 Å². The zero-order chi connectivity index (χ0) is 21.5. The van der Waals surface area contributed by atoms with Crippen LogP contribution >= 0.6 is 11.3 Å². The molecule has 8 heteroatoms. The summed E-state index contributed by atoms with van der Waals surface area (Å²) in [5, 5.41) is 7.19. The normalized spacial score (nSPS) is 24.8. The molecular weight excluding hydrogens is 408 g/mol. The molecule has 7 nitrogen and oxygen atoms in total. The second-order valence-corrected chi connectivity index (χ2v) is 10.2. The van der Waals surface area contributed by atoms with Crippen LogP contribution < -0.4 is 5.32 Å². The highest BCUT2D eigenvalue weighted by molar-refractivity contribution is 7.09. The molecule has 0 spiro atoms. The first-order valence-corrected chi connectivity index (χ1v) is 13.0. The van der Waals surface area contributed by atoms with E-state index in [1.165, 1.54) is 49.6 Å². The predicted molar refractivity (Wildman–Crippen MR) is 128 cm³/mol. The molecule has 0 aromatic carbocycles. The van der Waals surface area contributed by atoms with E-state index in [0.717, 1.165) is 76.7 Å². The fraction of sp³-hybridized carbons (Fsp3) is 0.826. The van der Waals surface area contributed by atoms with Crippen LogP contribution in [0.4, 0.5) is 0 Å².